The molecule has 1 aromatic heterocycles. The van der Waals surface area contributed by atoms with Crippen molar-refractivity contribution in [1.29, 1.82) is 0 Å². The number of aromatic nitrogens is 1. The molecular weight excluding hydrogens is 348 g/mol. The molecule has 27 heavy (non-hydrogen) atoms. The smallest absolute Gasteiger partial charge is 0.253 e. The number of amides is 3. The first-order valence-corrected chi connectivity index (χ1v) is 9.53. The van der Waals surface area contributed by atoms with Gasteiger partial charge in [-0.3, -0.25) is 29.4 Å². The Kier molecular flexibility index (Phi) is 4.38. The van der Waals surface area contributed by atoms with Crippen molar-refractivity contribution in [2.75, 3.05) is 4.90 Å². The van der Waals surface area contributed by atoms with Gasteiger partial charge in [0.05, 0.1) is 5.69 Å². The number of piperidine rings is 1. The Hall–Kier alpha value is -2.48. The van der Waals surface area contributed by atoms with Gasteiger partial charge in [0.1, 0.15) is 5.54 Å². The molecule has 4 rings (SSSR count). The molecule has 1 saturated heterocycles. The van der Waals surface area contributed by atoms with E-state index < -0.39 is 11.4 Å². The summed E-state index contributed by atoms with van der Waals surface area (Å²) in [6, 6.07) is 1.64. The second-order valence-electron chi connectivity index (χ2n) is 8.01. The van der Waals surface area contributed by atoms with Gasteiger partial charge in [0.25, 0.3) is 5.91 Å². The van der Waals surface area contributed by atoms with Crippen LogP contribution in [0.4, 0.5) is 5.69 Å². The average molecular weight is 372 g/mol. The van der Waals surface area contributed by atoms with Crippen LogP contribution in [0, 0.1) is 5.92 Å². The van der Waals surface area contributed by atoms with Gasteiger partial charge in [0.15, 0.2) is 0 Å². The number of nitrogens with two attached hydrogens (primary N) is 1. The molecular formula is C19H24N4O4. The van der Waals surface area contributed by atoms with Crippen LogP contribution in [0.2, 0.25) is 0 Å². The van der Waals surface area contributed by atoms with Gasteiger partial charge in [-0.15, -0.1) is 0 Å². The third-order valence-corrected chi connectivity index (χ3v) is 6.18. The number of anilines is 1. The van der Waals surface area contributed by atoms with Gasteiger partial charge < -0.3 is 10.7 Å². The summed E-state index contributed by atoms with van der Waals surface area (Å²) < 4.78 is 0. The van der Waals surface area contributed by atoms with Crippen molar-refractivity contribution in [3.05, 3.63) is 28.2 Å². The van der Waals surface area contributed by atoms with E-state index in [1.807, 2.05) is 0 Å². The monoisotopic (exact) mass is 372 g/mol. The van der Waals surface area contributed by atoms with E-state index in [1.54, 1.807) is 0 Å². The number of carbonyl (C=O) groups excluding carboxylic acids is 3. The Morgan fingerprint density at radius 3 is 2.67 bits per heavy atom. The number of fused-ring (bicyclic) bond motifs is 1. The number of hydrogen-bond donors (Lipinski definition) is 3. The first-order chi connectivity index (χ1) is 12.9. The summed E-state index contributed by atoms with van der Waals surface area (Å²) in [6.45, 7) is 0. The molecule has 2 fully saturated rings. The van der Waals surface area contributed by atoms with Crippen molar-refractivity contribution in [2.45, 2.75) is 62.9 Å². The largest absolute Gasteiger partial charge is 0.328 e. The maximum Gasteiger partial charge on any atom is 0.253 e. The van der Waals surface area contributed by atoms with Gasteiger partial charge in [-0.2, -0.15) is 0 Å². The zero-order valence-corrected chi connectivity index (χ0v) is 15.1. The van der Waals surface area contributed by atoms with Gasteiger partial charge in [-0.1, -0.05) is 0 Å². The number of carbonyl (C=O) groups is 3. The number of imide groups is 1. The molecule has 144 valence electrons. The topological polar surface area (TPSA) is 125 Å². The van der Waals surface area contributed by atoms with E-state index in [1.165, 1.54) is 17.2 Å². The lowest BCUT2D eigenvalue weighted by Crippen LogP contribution is -2.63. The maximum atomic E-state index is 13.3. The highest BCUT2D eigenvalue weighted by atomic mass is 16.2. The molecule has 3 heterocycles. The van der Waals surface area contributed by atoms with Crippen molar-refractivity contribution in [3.8, 4) is 0 Å². The van der Waals surface area contributed by atoms with E-state index in [2.05, 4.69) is 10.3 Å². The molecule has 3 amide bonds. The Labute approximate surface area is 156 Å². The molecule has 1 aromatic rings. The molecule has 1 aliphatic carbocycles. The standard InChI is InChI=1S/C19H24N4O4/c20-13-3-1-11(2-4-13)7-17(26)23-14-10-21-16(25)8-12(14)9-19(23)6-5-15(24)22-18(19)27/h8,10-11,13H,1-7,9,20H2,(H,21,25)(H,22,24,27)/t11-,13-,19?. The summed E-state index contributed by atoms with van der Waals surface area (Å²) in [7, 11) is 0. The molecule has 0 bridgehead atoms. The summed E-state index contributed by atoms with van der Waals surface area (Å²) >= 11 is 0. The summed E-state index contributed by atoms with van der Waals surface area (Å²) in [5.74, 6) is -0.673. The summed E-state index contributed by atoms with van der Waals surface area (Å²) in [6.07, 6.45) is 6.15. The highest BCUT2D eigenvalue weighted by Gasteiger charge is 2.54. The molecule has 3 aliphatic rings. The number of H-pyrrole nitrogens is 1. The summed E-state index contributed by atoms with van der Waals surface area (Å²) in [5, 5.41) is 2.38. The minimum atomic E-state index is -1.12. The van der Waals surface area contributed by atoms with Crippen molar-refractivity contribution >= 4 is 23.4 Å². The van der Waals surface area contributed by atoms with E-state index in [9.17, 15) is 19.2 Å². The molecule has 8 nitrogen and oxygen atoms in total. The molecule has 1 spiro atoms. The average Bonchev–Trinajstić information content (AvgIpc) is 2.95. The Bertz CT molecular complexity index is 856. The number of nitrogens with zero attached hydrogens (tertiary/aromatic N) is 1. The lowest BCUT2D eigenvalue weighted by molar-refractivity contribution is -0.139. The molecule has 4 N–H and O–H groups in total. The second kappa shape index (κ2) is 6.60. The van der Waals surface area contributed by atoms with Crippen LogP contribution in [0.15, 0.2) is 17.1 Å². The van der Waals surface area contributed by atoms with Crippen LogP contribution in [0.3, 0.4) is 0 Å². The molecule has 1 saturated carbocycles. The maximum absolute atomic E-state index is 13.3. The van der Waals surface area contributed by atoms with Gasteiger partial charge >= 0.3 is 0 Å². The van der Waals surface area contributed by atoms with Crippen molar-refractivity contribution in [3.63, 3.8) is 0 Å². The minimum absolute atomic E-state index is 0.134. The van der Waals surface area contributed by atoms with E-state index >= 15 is 0 Å². The Morgan fingerprint density at radius 1 is 1.22 bits per heavy atom. The Morgan fingerprint density at radius 2 is 1.96 bits per heavy atom. The van der Waals surface area contributed by atoms with Crippen molar-refractivity contribution in [2.24, 2.45) is 11.7 Å². The van der Waals surface area contributed by atoms with Crippen molar-refractivity contribution < 1.29 is 14.4 Å². The molecule has 1 atom stereocenters. The van der Waals surface area contributed by atoms with Gasteiger partial charge in [0, 0.05) is 37.6 Å². The summed E-state index contributed by atoms with van der Waals surface area (Å²) in [4.78, 5) is 53.6. The fourth-order valence-corrected chi connectivity index (χ4v) is 4.71. The SMILES string of the molecule is N[C@H]1CC[C@H](CC(=O)N2c3c[nH]c(=O)cc3CC23CCC(=O)NC3=O)CC1. The van der Waals surface area contributed by atoms with Gasteiger partial charge in [0.2, 0.25) is 17.4 Å². The number of aromatic amines is 1. The zero-order chi connectivity index (χ0) is 19.2. The van der Waals surface area contributed by atoms with E-state index in [4.69, 9.17) is 5.73 Å². The lowest BCUT2D eigenvalue weighted by atomic mass is 9.82. The highest BCUT2D eigenvalue weighted by molar-refractivity contribution is 6.11. The van der Waals surface area contributed by atoms with E-state index in [-0.39, 0.29) is 48.6 Å². The van der Waals surface area contributed by atoms with Crippen LogP contribution in [-0.4, -0.2) is 34.3 Å². The normalized spacial score (nSPS) is 30.3. The fraction of sp³-hybridized carbons (Fsp3) is 0.579. The number of rotatable bonds is 2. The molecule has 1 unspecified atom stereocenters. The minimum Gasteiger partial charge on any atom is -0.328 e. The Balaban J connectivity index is 1.66. The van der Waals surface area contributed by atoms with Crippen LogP contribution in [-0.2, 0) is 20.8 Å². The zero-order valence-electron chi connectivity index (χ0n) is 15.1. The molecule has 2 aliphatic heterocycles. The fourth-order valence-electron chi connectivity index (χ4n) is 4.71. The van der Waals surface area contributed by atoms with Crippen LogP contribution in [0.25, 0.3) is 0 Å². The van der Waals surface area contributed by atoms with Gasteiger partial charge in [-0.25, -0.2) is 0 Å². The van der Waals surface area contributed by atoms with Crippen LogP contribution in [0.1, 0.15) is 50.5 Å². The number of hydrogen-bond acceptors (Lipinski definition) is 5. The quantitative estimate of drug-likeness (QED) is 0.646. The molecule has 0 radical (unpaired) electrons. The first kappa shape index (κ1) is 17.9. The second-order valence-corrected chi connectivity index (χ2v) is 8.01. The van der Waals surface area contributed by atoms with Crippen molar-refractivity contribution in [1.82, 2.24) is 10.3 Å². The third kappa shape index (κ3) is 3.07. The molecule has 8 heteroatoms. The van der Waals surface area contributed by atoms with Gasteiger partial charge in [-0.05, 0) is 43.6 Å². The first-order valence-electron chi connectivity index (χ1n) is 9.53. The molecule has 0 aromatic carbocycles. The predicted molar refractivity (Wildman–Crippen MR) is 97.9 cm³/mol. The van der Waals surface area contributed by atoms with E-state index in [0.717, 1.165) is 25.7 Å². The highest BCUT2D eigenvalue weighted by Crippen LogP contribution is 2.43. The third-order valence-electron chi connectivity index (χ3n) is 6.18. The van der Waals surface area contributed by atoms with Crippen LogP contribution >= 0.6 is 0 Å². The number of nitrogens with one attached hydrogen (secondary N) is 2. The van der Waals surface area contributed by atoms with Crippen LogP contribution < -0.4 is 21.5 Å². The van der Waals surface area contributed by atoms with Crippen LogP contribution in [0.5, 0.6) is 0 Å². The predicted octanol–water partition coefficient (Wildman–Crippen LogP) is 0.347. The summed E-state index contributed by atoms with van der Waals surface area (Å²) in [5.41, 5.74) is 5.79. The lowest BCUT2D eigenvalue weighted by Gasteiger charge is -2.40. The van der Waals surface area contributed by atoms with E-state index in [0.29, 0.717) is 17.7 Å². The number of pyridine rings is 1.